The molecular formula is C12H13BrClN. The third kappa shape index (κ3) is 2.99. The number of rotatable bonds is 2. The molecular weight excluding hydrogens is 273 g/mol. The topological polar surface area (TPSA) is 12.0 Å². The van der Waals surface area contributed by atoms with Gasteiger partial charge in [-0.25, -0.2) is 0 Å². The lowest BCUT2D eigenvalue weighted by Gasteiger charge is -2.20. The quantitative estimate of drug-likeness (QED) is 0.782. The van der Waals surface area contributed by atoms with Crippen LogP contribution < -0.4 is 5.32 Å². The standard InChI is InChI=1S/C12H13BrClN/c13-11-8-9(14)6-7-12(11)15-10-4-2-1-3-5-10/h2,4,6-8,10,15H,1,3,5H2. The summed E-state index contributed by atoms with van der Waals surface area (Å²) in [7, 11) is 0. The maximum Gasteiger partial charge on any atom is 0.0490 e. The average molecular weight is 287 g/mol. The fraction of sp³-hybridized carbons (Fsp3) is 0.333. The van der Waals surface area contributed by atoms with Crippen molar-refractivity contribution in [3.05, 3.63) is 39.8 Å². The molecule has 0 amide bonds. The van der Waals surface area contributed by atoms with Crippen LogP contribution in [0, 0.1) is 0 Å². The predicted octanol–water partition coefficient (Wildman–Crippen LogP) is 4.62. The Morgan fingerprint density at radius 2 is 2.27 bits per heavy atom. The summed E-state index contributed by atoms with van der Waals surface area (Å²) in [4.78, 5) is 0. The van der Waals surface area contributed by atoms with Crippen LogP contribution in [0.5, 0.6) is 0 Å². The van der Waals surface area contributed by atoms with E-state index in [1.165, 1.54) is 19.3 Å². The molecule has 1 aromatic carbocycles. The van der Waals surface area contributed by atoms with Crippen LogP contribution >= 0.6 is 27.5 Å². The molecule has 15 heavy (non-hydrogen) atoms. The molecule has 0 bridgehead atoms. The van der Waals surface area contributed by atoms with E-state index in [9.17, 15) is 0 Å². The molecule has 0 aromatic heterocycles. The minimum atomic E-state index is 0.455. The third-order valence-corrected chi connectivity index (χ3v) is 3.42. The van der Waals surface area contributed by atoms with E-state index in [0.717, 1.165) is 15.2 Å². The smallest absolute Gasteiger partial charge is 0.0490 e. The molecule has 1 nitrogen and oxygen atoms in total. The number of hydrogen-bond acceptors (Lipinski definition) is 1. The molecule has 3 heteroatoms. The molecule has 0 spiro atoms. The Kier molecular flexibility index (Phi) is 3.71. The summed E-state index contributed by atoms with van der Waals surface area (Å²) >= 11 is 9.39. The molecule has 0 aliphatic heterocycles. The van der Waals surface area contributed by atoms with Crippen LogP contribution in [0.25, 0.3) is 0 Å². The average Bonchev–Trinajstić information content (AvgIpc) is 2.24. The maximum atomic E-state index is 5.89. The van der Waals surface area contributed by atoms with E-state index in [4.69, 9.17) is 11.6 Å². The number of benzene rings is 1. The fourth-order valence-corrected chi connectivity index (χ4v) is 2.54. The van der Waals surface area contributed by atoms with E-state index in [2.05, 4.69) is 33.4 Å². The molecule has 0 heterocycles. The van der Waals surface area contributed by atoms with Gasteiger partial charge in [-0.3, -0.25) is 0 Å². The van der Waals surface area contributed by atoms with Gasteiger partial charge in [-0.15, -0.1) is 0 Å². The highest BCUT2D eigenvalue weighted by atomic mass is 79.9. The van der Waals surface area contributed by atoms with Crippen molar-refractivity contribution in [2.24, 2.45) is 0 Å². The third-order valence-electron chi connectivity index (χ3n) is 2.53. The van der Waals surface area contributed by atoms with Crippen LogP contribution in [0.3, 0.4) is 0 Å². The molecule has 1 aliphatic rings. The number of nitrogens with one attached hydrogen (secondary N) is 1. The minimum absolute atomic E-state index is 0.455. The van der Waals surface area contributed by atoms with E-state index < -0.39 is 0 Å². The summed E-state index contributed by atoms with van der Waals surface area (Å²) in [5.74, 6) is 0. The number of anilines is 1. The highest BCUT2D eigenvalue weighted by molar-refractivity contribution is 9.10. The van der Waals surface area contributed by atoms with Gasteiger partial charge in [0.1, 0.15) is 0 Å². The first-order valence-corrected chi connectivity index (χ1v) is 6.31. The van der Waals surface area contributed by atoms with Gasteiger partial charge in [0.2, 0.25) is 0 Å². The van der Waals surface area contributed by atoms with Gasteiger partial charge in [-0.05, 0) is 53.4 Å². The van der Waals surface area contributed by atoms with Crippen molar-refractivity contribution in [3.8, 4) is 0 Å². The Bertz CT molecular complexity index is 376. The molecule has 1 aliphatic carbocycles. The summed E-state index contributed by atoms with van der Waals surface area (Å²) in [6.07, 6.45) is 8.15. The zero-order valence-electron chi connectivity index (χ0n) is 8.34. The lowest BCUT2D eigenvalue weighted by atomic mass is 10.0. The number of allylic oxidation sites excluding steroid dienone is 1. The fourth-order valence-electron chi connectivity index (χ4n) is 1.74. The van der Waals surface area contributed by atoms with E-state index >= 15 is 0 Å². The van der Waals surface area contributed by atoms with Gasteiger partial charge in [0.25, 0.3) is 0 Å². The van der Waals surface area contributed by atoms with Crippen LogP contribution in [-0.2, 0) is 0 Å². The van der Waals surface area contributed by atoms with Gasteiger partial charge in [0.15, 0.2) is 0 Å². The first kappa shape index (κ1) is 11.0. The van der Waals surface area contributed by atoms with Crippen molar-refractivity contribution in [1.82, 2.24) is 0 Å². The highest BCUT2D eigenvalue weighted by Gasteiger charge is 2.09. The van der Waals surface area contributed by atoms with Crippen molar-refractivity contribution in [2.75, 3.05) is 5.32 Å². The maximum absolute atomic E-state index is 5.89. The lowest BCUT2D eigenvalue weighted by molar-refractivity contribution is 0.673. The molecule has 1 aromatic rings. The predicted molar refractivity (Wildman–Crippen MR) is 69.6 cm³/mol. The van der Waals surface area contributed by atoms with Crippen LogP contribution in [0.1, 0.15) is 19.3 Å². The van der Waals surface area contributed by atoms with E-state index in [0.29, 0.717) is 6.04 Å². The second-order valence-electron chi connectivity index (χ2n) is 3.73. The summed E-state index contributed by atoms with van der Waals surface area (Å²) in [5.41, 5.74) is 1.11. The van der Waals surface area contributed by atoms with Gasteiger partial charge in [0, 0.05) is 21.2 Å². The van der Waals surface area contributed by atoms with Gasteiger partial charge in [-0.2, -0.15) is 0 Å². The summed E-state index contributed by atoms with van der Waals surface area (Å²) in [6.45, 7) is 0. The van der Waals surface area contributed by atoms with Gasteiger partial charge in [-0.1, -0.05) is 23.8 Å². The first-order chi connectivity index (χ1) is 7.25. The zero-order valence-corrected chi connectivity index (χ0v) is 10.7. The summed E-state index contributed by atoms with van der Waals surface area (Å²) < 4.78 is 1.02. The number of hydrogen-bond donors (Lipinski definition) is 1. The van der Waals surface area contributed by atoms with Gasteiger partial charge >= 0.3 is 0 Å². The molecule has 0 saturated carbocycles. The van der Waals surface area contributed by atoms with Crippen molar-refractivity contribution in [1.29, 1.82) is 0 Å². The van der Waals surface area contributed by atoms with Crippen molar-refractivity contribution >= 4 is 33.2 Å². The Hall–Kier alpha value is -0.470. The monoisotopic (exact) mass is 285 g/mol. The molecule has 80 valence electrons. The molecule has 0 saturated heterocycles. The Morgan fingerprint density at radius 1 is 1.40 bits per heavy atom. The van der Waals surface area contributed by atoms with Crippen LogP contribution in [-0.4, -0.2) is 6.04 Å². The van der Waals surface area contributed by atoms with E-state index in [1.54, 1.807) is 0 Å². The van der Waals surface area contributed by atoms with E-state index in [1.807, 2.05) is 18.2 Å². The lowest BCUT2D eigenvalue weighted by Crippen LogP contribution is -2.18. The normalized spacial score (nSPS) is 20.3. The number of halogens is 2. The van der Waals surface area contributed by atoms with Gasteiger partial charge < -0.3 is 5.32 Å². The van der Waals surface area contributed by atoms with Gasteiger partial charge in [0.05, 0.1) is 0 Å². The summed E-state index contributed by atoms with van der Waals surface area (Å²) in [6, 6.07) is 6.28. The van der Waals surface area contributed by atoms with Crippen molar-refractivity contribution in [3.63, 3.8) is 0 Å². The Balaban J connectivity index is 2.09. The highest BCUT2D eigenvalue weighted by Crippen LogP contribution is 2.27. The van der Waals surface area contributed by atoms with Crippen LogP contribution in [0.4, 0.5) is 5.69 Å². The second-order valence-corrected chi connectivity index (χ2v) is 5.02. The van der Waals surface area contributed by atoms with Crippen molar-refractivity contribution in [2.45, 2.75) is 25.3 Å². The molecule has 1 N–H and O–H groups in total. The second kappa shape index (κ2) is 5.04. The molecule has 0 fully saturated rings. The molecule has 0 radical (unpaired) electrons. The Labute approximate surface area is 104 Å². The van der Waals surface area contributed by atoms with E-state index in [-0.39, 0.29) is 0 Å². The van der Waals surface area contributed by atoms with Crippen LogP contribution in [0.2, 0.25) is 5.02 Å². The van der Waals surface area contributed by atoms with Crippen LogP contribution in [0.15, 0.2) is 34.8 Å². The first-order valence-electron chi connectivity index (χ1n) is 5.14. The molecule has 1 atom stereocenters. The zero-order chi connectivity index (χ0) is 10.7. The largest absolute Gasteiger partial charge is 0.378 e. The molecule has 1 unspecified atom stereocenters. The van der Waals surface area contributed by atoms with Crippen molar-refractivity contribution < 1.29 is 0 Å². The minimum Gasteiger partial charge on any atom is -0.378 e. The summed E-state index contributed by atoms with van der Waals surface area (Å²) in [5, 5.41) is 4.24. The SMILES string of the molecule is Clc1ccc(NC2C=CCCC2)c(Br)c1. The molecule has 2 rings (SSSR count). The Morgan fingerprint density at radius 3 is 2.93 bits per heavy atom.